The number of nitrogens with one attached hydrogen (secondary N) is 1. The maximum Gasteiger partial charge on any atom is 0.243 e. The number of hydrogen-bond acceptors (Lipinski definition) is 4. The number of benzene rings is 2. The van der Waals surface area contributed by atoms with Gasteiger partial charge >= 0.3 is 0 Å². The Kier molecular flexibility index (Phi) is 4.74. The molecule has 0 saturated heterocycles. The van der Waals surface area contributed by atoms with Crippen molar-refractivity contribution in [2.45, 2.75) is 25.9 Å². The van der Waals surface area contributed by atoms with Crippen molar-refractivity contribution in [3.05, 3.63) is 71.1 Å². The van der Waals surface area contributed by atoms with Crippen molar-refractivity contribution in [2.75, 3.05) is 0 Å². The lowest BCUT2D eigenvalue weighted by molar-refractivity contribution is 0.328. The Morgan fingerprint density at radius 2 is 1.65 bits per heavy atom. The van der Waals surface area contributed by atoms with Gasteiger partial charge in [0.1, 0.15) is 0 Å². The van der Waals surface area contributed by atoms with Gasteiger partial charge in [-0.15, -0.1) is 0 Å². The second-order valence-electron chi connectivity index (χ2n) is 5.48. The van der Waals surface area contributed by atoms with Crippen molar-refractivity contribution in [1.82, 2.24) is 15.5 Å². The minimum Gasteiger partial charge on any atom is -0.337 e. The van der Waals surface area contributed by atoms with Crippen LogP contribution in [0.5, 0.6) is 0 Å². The van der Waals surface area contributed by atoms with E-state index < -0.39 is 0 Å². The first-order chi connectivity index (χ1) is 11.1. The minimum atomic E-state index is -0.0503. The van der Waals surface area contributed by atoms with Gasteiger partial charge in [0.05, 0.1) is 6.04 Å². The highest BCUT2D eigenvalue weighted by atomic mass is 35.5. The lowest BCUT2D eigenvalue weighted by Crippen LogP contribution is -2.22. The van der Waals surface area contributed by atoms with Crippen LogP contribution in [-0.4, -0.2) is 10.1 Å². The first kappa shape index (κ1) is 15.7. The van der Waals surface area contributed by atoms with Crippen LogP contribution in [0.15, 0.2) is 59.1 Å². The number of rotatable bonds is 5. The van der Waals surface area contributed by atoms with Crippen LogP contribution in [-0.2, 0) is 0 Å². The SMILES string of the molecule is CC(NC(C)c1nc(-c2ccccc2)no1)c1ccc(Cl)cc1. The Labute approximate surface area is 140 Å². The Hall–Kier alpha value is -2.17. The molecule has 0 radical (unpaired) electrons. The van der Waals surface area contributed by atoms with E-state index in [1.807, 2.05) is 61.5 Å². The summed E-state index contributed by atoms with van der Waals surface area (Å²) in [5.74, 6) is 1.18. The van der Waals surface area contributed by atoms with Gasteiger partial charge in [0.15, 0.2) is 0 Å². The molecule has 0 aliphatic heterocycles. The molecule has 4 nitrogen and oxygen atoms in total. The van der Waals surface area contributed by atoms with E-state index in [0.29, 0.717) is 11.7 Å². The Bertz CT molecular complexity index is 755. The molecule has 0 amide bonds. The highest BCUT2D eigenvalue weighted by Gasteiger charge is 2.17. The van der Waals surface area contributed by atoms with Gasteiger partial charge in [-0.25, -0.2) is 0 Å². The Balaban J connectivity index is 1.70. The molecular weight excluding hydrogens is 310 g/mol. The zero-order valence-electron chi connectivity index (χ0n) is 13.0. The van der Waals surface area contributed by atoms with E-state index in [9.17, 15) is 0 Å². The van der Waals surface area contributed by atoms with Crippen LogP contribution in [0.4, 0.5) is 0 Å². The third-order valence-corrected chi connectivity index (χ3v) is 3.97. The molecule has 0 aliphatic rings. The zero-order chi connectivity index (χ0) is 16.2. The van der Waals surface area contributed by atoms with Crippen LogP contribution in [0, 0.1) is 0 Å². The van der Waals surface area contributed by atoms with E-state index in [2.05, 4.69) is 22.4 Å². The van der Waals surface area contributed by atoms with E-state index in [1.165, 1.54) is 0 Å². The lowest BCUT2D eigenvalue weighted by atomic mass is 10.1. The Morgan fingerprint density at radius 3 is 2.35 bits per heavy atom. The molecule has 3 aromatic rings. The summed E-state index contributed by atoms with van der Waals surface area (Å²) in [6.45, 7) is 4.10. The quantitative estimate of drug-likeness (QED) is 0.731. The number of aromatic nitrogens is 2. The summed E-state index contributed by atoms with van der Waals surface area (Å²) in [6, 6.07) is 17.7. The monoisotopic (exact) mass is 327 g/mol. The molecule has 0 bridgehead atoms. The number of nitrogens with zero attached hydrogens (tertiary/aromatic N) is 2. The van der Waals surface area contributed by atoms with Crippen LogP contribution in [0.3, 0.4) is 0 Å². The van der Waals surface area contributed by atoms with Crippen LogP contribution in [0.25, 0.3) is 11.4 Å². The molecular formula is C18H18ClN3O. The molecule has 118 valence electrons. The number of halogens is 1. The third-order valence-electron chi connectivity index (χ3n) is 3.71. The molecule has 0 fully saturated rings. The van der Waals surface area contributed by atoms with Crippen molar-refractivity contribution >= 4 is 11.6 Å². The van der Waals surface area contributed by atoms with E-state index in [0.717, 1.165) is 16.1 Å². The average molecular weight is 328 g/mol. The fourth-order valence-corrected chi connectivity index (χ4v) is 2.54. The highest BCUT2D eigenvalue weighted by molar-refractivity contribution is 6.30. The van der Waals surface area contributed by atoms with Crippen molar-refractivity contribution < 1.29 is 4.52 Å². The standard InChI is InChI=1S/C18H18ClN3O/c1-12(14-8-10-16(19)11-9-14)20-13(2)18-21-17(22-23-18)15-6-4-3-5-7-15/h3-13,20H,1-2H3. The molecule has 5 heteroatoms. The third kappa shape index (κ3) is 3.78. The first-order valence-electron chi connectivity index (χ1n) is 7.54. The summed E-state index contributed by atoms with van der Waals surface area (Å²) in [5.41, 5.74) is 2.10. The summed E-state index contributed by atoms with van der Waals surface area (Å²) in [5, 5.41) is 8.25. The molecule has 2 atom stereocenters. The zero-order valence-corrected chi connectivity index (χ0v) is 13.8. The van der Waals surface area contributed by atoms with Gasteiger partial charge in [-0.05, 0) is 31.5 Å². The summed E-state index contributed by atoms with van der Waals surface area (Å²) < 4.78 is 5.39. The van der Waals surface area contributed by atoms with Gasteiger partial charge in [-0.1, -0.05) is 59.2 Å². The van der Waals surface area contributed by atoms with Crippen LogP contribution in [0.2, 0.25) is 5.02 Å². The first-order valence-corrected chi connectivity index (χ1v) is 7.92. The molecule has 0 spiro atoms. The van der Waals surface area contributed by atoms with Crippen LogP contribution in [0.1, 0.15) is 37.4 Å². The second-order valence-corrected chi connectivity index (χ2v) is 5.92. The van der Waals surface area contributed by atoms with E-state index >= 15 is 0 Å². The molecule has 0 saturated carbocycles. The normalized spacial score (nSPS) is 13.7. The van der Waals surface area contributed by atoms with Crippen molar-refractivity contribution in [3.63, 3.8) is 0 Å². The van der Waals surface area contributed by atoms with Crippen molar-refractivity contribution in [2.24, 2.45) is 0 Å². The molecule has 0 aliphatic carbocycles. The largest absolute Gasteiger partial charge is 0.337 e. The summed E-state index contributed by atoms with van der Waals surface area (Å²) in [7, 11) is 0. The van der Waals surface area contributed by atoms with Crippen LogP contribution < -0.4 is 5.32 Å². The molecule has 2 unspecified atom stereocenters. The van der Waals surface area contributed by atoms with E-state index in [1.54, 1.807) is 0 Å². The second kappa shape index (κ2) is 6.94. The predicted octanol–water partition coefficient (Wildman–Crippen LogP) is 4.80. The summed E-state index contributed by atoms with van der Waals surface area (Å²) in [6.07, 6.45) is 0. The fraction of sp³-hybridized carbons (Fsp3) is 0.222. The summed E-state index contributed by atoms with van der Waals surface area (Å²) >= 11 is 5.93. The average Bonchev–Trinajstić information content (AvgIpc) is 3.06. The molecule has 3 rings (SSSR count). The molecule has 23 heavy (non-hydrogen) atoms. The number of hydrogen-bond donors (Lipinski definition) is 1. The van der Waals surface area contributed by atoms with Crippen molar-refractivity contribution in [1.29, 1.82) is 0 Å². The summed E-state index contributed by atoms with van der Waals surface area (Å²) in [4.78, 5) is 4.48. The van der Waals surface area contributed by atoms with Crippen molar-refractivity contribution in [3.8, 4) is 11.4 Å². The molecule has 1 heterocycles. The molecule has 2 aromatic carbocycles. The van der Waals surface area contributed by atoms with Gasteiger partial charge in [0.25, 0.3) is 0 Å². The van der Waals surface area contributed by atoms with Crippen LogP contribution >= 0.6 is 11.6 Å². The smallest absolute Gasteiger partial charge is 0.243 e. The maximum atomic E-state index is 5.93. The topological polar surface area (TPSA) is 51.0 Å². The van der Waals surface area contributed by atoms with E-state index in [-0.39, 0.29) is 12.1 Å². The van der Waals surface area contributed by atoms with Gasteiger partial charge < -0.3 is 4.52 Å². The minimum absolute atomic E-state index is 0.0503. The van der Waals surface area contributed by atoms with E-state index in [4.69, 9.17) is 16.1 Å². The van der Waals surface area contributed by atoms with Gasteiger partial charge in [0.2, 0.25) is 11.7 Å². The highest BCUT2D eigenvalue weighted by Crippen LogP contribution is 2.22. The fourth-order valence-electron chi connectivity index (χ4n) is 2.41. The maximum absolute atomic E-state index is 5.93. The molecule has 1 aromatic heterocycles. The molecule has 1 N–H and O–H groups in total. The lowest BCUT2D eigenvalue weighted by Gasteiger charge is -2.17. The predicted molar refractivity (Wildman–Crippen MR) is 91.2 cm³/mol. The van der Waals surface area contributed by atoms with Gasteiger partial charge in [-0.2, -0.15) is 4.98 Å². The van der Waals surface area contributed by atoms with Gasteiger partial charge in [0, 0.05) is 16.6 Å². The van der Waals surface area contributed by atoms with Gasteiger partial charge in [-0.3, -0.25) is 5.32 Å². The Morgan fingerprint density at radius 1 is 0.957 bits per heavy atom.